The Morgan fingerprint density at radius 3 is 2.62 bits per heavy atom. The number of benzene rings is 1. The number of H-pyrrole nitrogens is 1. The number of aromatic hydroxyl groups is 1. The zero-order valence-corrected chi connectivity index (χ0v) is 20.2. The molecule has 1 aromatic heterocycles. The fourth-order valence-corrected chi connectivity index (χ4v) is 5.78. The van der Waals surface area contributed by atoms with Crippen molar-refractivity contribution < 1.29 is 34.8 Å². The first-order chi connectivity index (χ1) is 17.5. The van der Waals surface area contributed by atoms with Crippen LogP contribution in [0.15, 0.2) is 41.0 Å². The molecule has 0 bridgehead atoms. The van der Waals surface area contributed by atoms with Crippen molar-refractivity contribution in [2.45, 2.75) is 31.4 Å². The second kappa shape index (κ2) is 8.37. The van der Waals surface area contributed by atoms with Gasteiger partial charge in [0.05, 0.1) is 23.5 Å². The Balaban J connectivity index is 1.63. The Hall–Kier alpha value is -4.32. The van der Waals surface area contributed by atoms with Crippen molar-refractivity contribution in [2.75, 3.05) is 24.3 Å². The molecular weight excluding hydrogens is 482 g/mol. The molecule has 0 spiro atoms. The van der Waals surface area contributed by atoms with Gasteiger partial charge in [0.15, 0.2) is 11.4 Å². The van der Waals surface area contributed by atoms with Crippen LogP contribution in [0.25, 0.3) is 0 Å². The predicted octanol–water partition coefficient (Wildman–Crippen LogP) is 0.982. The van der Waals surface area contributed by atoms with Gasteiger partial charge in [0.1, 0.15) is 22.8 Å². The van der Waals surface area contributed by atoms with Crippen molar-refractivity contribution in [3.63, 3.8) is 0 Å². The zero-order chi connectivity index (χ0) is 26.8. The second-order valence-corrected chi connectivity index (χ2v) is 9.87. The first kappa shape index (κ1) is 24.4. The number of hydrogen-bond donors (Lipinski definition) is 7. The number of allylic oxidation sites excluding steroid dienone is 2. The van der Waals surface area contributed by atoms with Gasteiger partial charge in [0.2, 0.25) is 5.78 Å². The Kier molecular flexibility index (Phi) is 5.52. The van der Waals surface area contributed by atoms with Gasteiger partial charge in [-0.15, -0.1) is 0 Å². The van der Waals surface area contributed by atoms with Gasteiger partial charge in [-0.25, -0.2) is 0 Å². The van der Waals surface area contributed by atoms with Crippen LogP contribution in [0.2, 0.25) is 0 Å². The first-order valence-electron chi connectivity index (χ1n) is 11.7. The molecule has 1 aromatic carbocycles. The van der Waals surface area contributed by atoms with Crippen LogP contribution < -0.4 is 16.0 Å². The lowest BCUT2D eigenvalue weighted by Gasteiger charge is -2.46. The summed E-state index contributed by atoms with van der Waals surface area (Å²) in [5.74, 6) is -6.55. The Morgan fingerprint density at radius 2 is 2.00 bits per heavy atom. The molecule has 0 radical (unpaired) electrons. The summed E-state index contributed by atoms with van der Waals surface area (Å²) in [6, 6.07) is 3.47. The summed E-state index contributed by atoms with van der Waals surface area (Å²) in [6.45, 7) is 0.259. The van der Waals surface area contributed by atoms with E-state index in [-0.39, 0.29) is 48.4 Å². The average Bonchev–Trinajstić information content (AvgIpc) is 3.34. The Morgan fingerprint density at radius 1 is 1.27 bits per heavy atom. The van der Waals surface area contributed by atoms with Crippen LogP contribution >= 0.6 is 0 Å². The van der Waals surface area contributed by atoms with Crippen LogP contribution in [0.4, 0.5) is 11.4 Å². The number of carbonyl (C=O) groups is 3. The number of aliphatic hydroxyl groups is 3. The number of aromatic amines is 1. The largest absolute Gasteiger partial charge is 0.511 e. The van der Waals surface area contributed by atoms with Crippen molar-refractivity contribution >= 4 is 28.8 Å². The highest BCUT2D eigenvalue weighted by Crippen LogP contribution is 2.53. The van der Waals surface area contributed by atoms with Crippen LogP contribution in [0.3, 0.4) is 0 Å². The van der Waals surface area contributed by atoms with Gasteiger partial charge in [-0.1, -0.05) is 0 Å². The molecule has 0 unspecified atom stereocenters. The lowest BCUT2D eigenvalue weighted by Crippen LogP contribution is -2.57. The summed E-state index contributed by atoms with van der Waals surface area (Å²) in [4.78, 5) is 40.5. The smallest absolute Gasteiger partial charge is 0.255 e. The number of anilines is 2. The molecule has 0 fully saturated rings. The number of nitrogens with zero attached hydrogens (tertiary/aromatic N) is 2. The van der Waals surface area contributed by atoms with E-state index >= 15 is 0 Å². The van der Waals surface area contributed by atoms with Crippen molar-refractivity contribution in [3.05, 3.63) is 57.8 Å². The minimum Gasteiger partial charge on any atom is -0.511 e. The number of hydrogen-bond acceptors (Lipinski definition) is 10. The number of fused-ring (bicyclic) bond motifs is 3. The van der Waals surface area contributed by atoms with E-state index in [0.29, 0.717) is 16.9 Å². The van der Waals surface area contributed by atoms with Crippen LogP contribution in [0.5, 0.6) is 5.75 Å². The molecule has 0 saturated carbocycles. The van der Waals surface area contributed by atoms with Gasteiger partial charge in [-0.05, 0) is 36.5 Å². The number of Topliss-reactive ketones (excluding diaryl/α,β-unsaturated/α-hetero) is 2. The number of rotatable bonds is 5. The van der Waals surface area contributed by atoms with E-state index < -0.39 is 52.0 Å². The molecule has 3 atom stereocenters. The molecule has 12 heteroatoms. The monoisotopic (exact) mass is 509 g/mol. The highest BCUT2D eigenvalue weighted by Gasteiger charge is 2.59. The summed E-state index contributed by atoms with van der Waals surface area (Å²) < 4.78 is 0. The SMILES string of the molecule is CN(C)c1cc(NCc2cc[nH]n2)c(O)c2c1C[C@H]1C[C@H]3CC(O)=C(C(N)=O)C(=O)[C@@]3(O)C(O)=C1C2=O. The molecule has 2 aromatic rings. The number of nitrogens with two attached hydrogens (primary N) is 1. The van der Waals surface area contributed by atoms with Gasteiger partial charge in [0, 0.05) is 43.9 Å². The lowest BCUT2D eigenvalue weighted by atomic mass is 9.60. The van der Waals surface area contributed by atoms with Crippen molar-refractivity contribution in [1.82, 2.24) is 10.2 Å². The van der Waals surface area contributed by atoms with Crippen molar-refractivity contribution in [3.8, 4) is 5.75 Å². The van der Waals surface area contributed by atoms with Crippen LogP contribution in [-0.4, -0.2) is 67.8 Å². The Labute approximate surface area is 211 Å². The molecule has 1 heterocycles. The van der Waals surface area contributed by atoms with Gasteiger partial charge in [0.25, 0.3) is 5.91 Å². The molecule has 5 rings (SSSR count). The zero-order valence-electron chi connectivity index (χ0n) is 20.2. The Bertz CT molecular complexity index is 1410. The number of aliphatic hydroxyl groups excluding tert-OH is 2. The maximum Gasteiger partial charge on any atom is 0.255 e. The molecule has 12 nitrogen and oxygen atoms in total. The molecular formula is C25H27N5O7. The molecule has 37 heavy (non-hydrogen) atoms. The summed E-state index contributed by atoms with van der Waals surface area (Å²) in [6.07, 6.45) is 1.70. The van der Waals surface area contributed by atoms with E-state index in [9.17, 15) is 34.8 Å². The number of aromatic nitrogens is 2. The van der Waals surface area contributed by atoms with E-state index in [2.05, 4.69) is 15.5 Å². The maximum absolute atomic E-state index is 13.8. The maximum atomic E-state index is 13.8. The molecule has 1 amide bonds. The quantitative estimate of drug-likeness (QED) is 0.225. The summed E-state index contributed by atoms with van der Waals surface area (Å²) in [7, 11) is 3.59. The van der Waals surface area contributed by atoms with Crippen LogP contribution in [-0.2, 0) is 22.6 Å². The summed E-state index contributed by atoms with van der Waals surface area (Å²) >= 11 is 0. The number of phenolic OH excluding ortho intramolecular Hbond substituents is 1. The number of ketones is 2. The van der Waals surface area contributed by atoms with E-state index in [1.54, 1.807) is 37.3 Å². The van der Waals surface area contributed by atoms with Crippen molar-refractivity contribution in [2.24, 2.45) is 17.6 Å². The third-order valence-electron chi connectivity index (χ3n) is 7.54. The second-order valence-electron chi connectivity index (χ2n) is 9.87. The van der Waals surface area contributed by atoms with E-state index in [1.165, 1.54) is 0 Å². The fourth-order valence-electron chi connectivity index (χ4n) is 5.78. The highest BCUT2D eigenvalue weighted by atomic mass is 16.3. The average molecular weight is 510 g/mol. The minimum atomic E-state index is -2.59. The third kappa shape index (κ3) is 3.47. The minimum absolute atomic E-state index is 0.0487. The lowest BCUT2D eigenvalue weighted by molar-refractivity contribution is -0.144. The van der Waals surface area contributed by atoms with Crippen LogP contribution in [0, 0.1) is 11.8 Å². The van der Waals surface area contributed by atoms with Gasteiger partial charge < -0.3 is 36.4 Å². The molecule has 0 aliphatic heterocycles. The number of amides is 1. The highest BCUT2D eigenvalue weighted by molar-refractivity contribution is 6.24. The molecule has 0 saturated heterocycles. The third-order valence-corrected chi connectivity index (χ3v) is 7.54. The first-order valence-corrected chi connectivity index (χ1v) is 11.7. The van der Waals surface area contributed by atoms with Crippen LogP contribution in [0.1, 0.15) is 34.5 Å². The molecule has 194 valence electrons. The fraction of sp³-hybridized carbons (Fsp3) is 0.360. The standard InChI is InChI=1S/C25H27N5O7/c1-30(2)15-8-14(27-9-12-3-4-28-29-12)20(32)18-13(15)6-10-5-11-7-16(31)19(24(26)36)23(35)25(11,37)22(34)17(10)21(18)33/h3-4,8,10-11,27,31-32,34,37H,5-7,9H2,1-2H3,(H2,26,36)(H,28,29)/t10-,11+,25+/m1/s1. The molecule has 8 N–H and O–H groups in total. The number of nitrogens with one attached hydrogen (secondary N) is 2. The van der Waals surface area contributed by atoms with Gasteiger partial charge in [-0.2, -0.15) is 5.10 Å². The number of carbonyl (C=O) groups excluding carboxylic acids is 3. The van der Waals surface area contributed by atoms with Gasteiger partial charge in [-0.3, -0.25) is 19.5 Å². The van der Waals surface area contributed by atoms with Gasteiger partial charge >= 0.3 is 0 Å². The summed E-state index contributed by atoms with van der Waals surface area (Å²) in [5, 5.41) is 53.8. The van der Waals surface area contributed by atoms with E-state index in [4.69, 9.17) is 5.73 Å². The van der Waals surface area contributed by atoms with E-state index in [0.717, 1.165) is 0 Å². The topological polar surface area (TPSA) is 202 Å². The molecule has 3 aliphatic carbocycles. The van der Waals surface area contributed by atoms with E-state index in [1.807, 2.05) is 0 Å². The normalized spacial score (nSPS) is 24.9. The predicted molar refractivity (Wildman–Crippen MR) is 131 cm³/mol. The van der Waals surface area contributed by atoms with Crippen molar-refractivity contribution in [1.29, 1.82) is 0 Å². The number of primary amides is 1. The molecule has 3 aliphatic rings. The number of phenols is 1. The summed E-state index contributed by atoms with van der Waals surface area (Å²) in [5.41, 5.74) is 3.77.